The fourth-order valence-corrected chi connectivity index (χ4v) is 4.52. The minimum absolute atomic E-state index is 0.219. The maximum Gasteiger partial charge on any atom is 0.127 e. The summed E-state index contributed by atoms with van der Waals surface area (Å²) in [7, 11) is 0. The maximum atomic E-state index is 10.3. The molecular formula is C24H26O3. The fraction of sp³-hybridized carbons (Fsp3) is 0.333. The maximum absolute atomic E-state index is 10.3. The van der Waals surface area contributed by atoms with E-state index in [1.54, 1.807) is 18.2 Å². The van der Waals surface area contributed by atoms with Gasteiger partial charge in [-0.2, -0.15) is 0 Å². The summed E-state index contributed by atoms with van der Waals surface area (Å²) in [6, 6.07) is 10.7. The van der Waals surface area contributed by atoms with Gasteiger partial charge in [0, 0.05) is 17.5 Å². The fourth-order valence-electron chi connectivity index (χ4n) is 4.52. The molecule has 0 spiro atoms. The van der Waals surface area contributed by atoms with Crippen molar-refractivity contribution < 1.29 is 14.9 Å². The predicted octanol–water partition coefficient (Wildman–Crippen LogP) is 5.88. The Morgan fingerprint density at radius 1 is 1.04 bits per heavy atom. The van der Waals surface area contributed by atoms with Crippen molar-refractivity contribution in [2.24, 2.45) is 5.92 Å². The monoisotopic (exact) mass is 362 g/mol. The molecule has 1 heterocycles. The second-order valence-electron chi connectivity index (χ2n) is 8.28. The van der Waals surface area contributed by atoms with Gasteiger partial charge in [-0.1, -0.05) is 35.9 Å². The Kier molecular flexibility index (Phi) is 4.26. The highest BCUT2D eigenvalue weighted by Gasteiger charge is 2.45. The summed E-state index contributed by atoms with van der Waals surface area (Å²) in [5.74, 6) is 2.07. The molecule has 3 heteroatoms. The van der Waals surface area contributed by atoms with Crippen molar-refractivity contribution >= 4 is 12.2 Å². The van der Waals surface area contributed by atoms with Gasteiger partial charge in [0.25, 0.3) is 0 Å². The van der Waals surface area contributed by atoms with Crippen molar-refractivity contribution in [1.82, 2.24) is 0 Å². The standard InChI is InChI=1S/C24H26O3/c1-15-4-11-21-20(12-15)23-17(8-5-16-6-9-18(25)10-7-16)13-19(26)14-22(23)27-24(21,2)3/h4-10,13-14,20-21,25-26H,11-12H2,1-3H3/b8-5+/t20-,21-/m1/s1. The number of fused-ring (bicyclic) bond motifs is 3. The smallest absolute Gasteiger partial charge is 0.127 e. The first-order valence-corrected chi connectivity index (χ1v) is 9.52. The summed E-state index contributed by atoms with van der Waals surface area (Å²) in [5, 5.41) is 19.7. The Hall–Kier alpha value is -2.68. The molecule has 0 unspecified atom stereocenters. The van der Waals surface area contributed by atoms with E-state index in [0.29, 0.717) is 11.8 Å². The third-order valence-corrected chi connectivity index (χ3v) is 5.89. The Morgan fingerprint density at radius 2 is 1.78 bits per heavy atom. The average Bonchev–Trinajstić information content (AvgIpc) is 2.59. The molecule has 2 N–H and O–H groups in total. The summed E-state index contributed by atoms with van der Waals surface area (Å²) in [6.07, 6.45) is 8.43. The number of hydrogen-bond acceptors (Lipinski definition) is 3. The second-order valence-corrected chi connectivity index (χ2v) is 8.28. The minimum atomic E-state index is -0.263. The van der Waals surface area contributed by atoms with Gasteiger partial charge in [-0.15, -0.1) is 0 Å². The normalized spacial score (nSPS) is 23.3. The Morgan fingerprint density at radius 3 is 2.52 bits per heavy atom. The van der Waals surface area contributed by atoms with Gasteiger partial charge >= 0.3 is 0 Å². The summed E-state index contributed by atoms with van der Waals surface area (Å²) in [6.45, 7) is 6.50. The van der Waals surface area contributed by atoms with E-state index >= 15 is 0 Å². The van der Waals surface area contributed by atoms with Crippen LogP contribution in [0.5, 0.6) is 17.2 Å². The highest BCUT2D eigenvalue weighted by atomic mass is 16.5. The number of aromatic hydroxyl groups is 2. The van der Waals surface area contributed by atoms with E-state index in [4.69, 9.17) is 4.74 Å². The Labute approximate surface area is 160 Å². The van der Waals surface area contributed by atoms with Crippen molar-refractivity contribution in [2.75, 3.05) is 0 Å². The molecule has 1 aliphatic heterocycles. The molecule has 4 rings (SSSR count). The zero-order valence-electron chi connectivity index (χ0n) is 16.1. The lowest BCUT2D eigenvalue weighted by Gasteiger charge is -2.47. The lowest BCUT2D eigenvalue weighted by atomic mass is 9.66. The molecule has 0 saturated carbocycles. The zero-order chi connectivity index (χ0) is 19.2. The topological polar surface area (TPSA) is 49.7 Å². The number of ether oxygens (including phenoxy) is 1. The number of phenolic OH excluding ortho intramolecular Hbond substituents is 2. The number of hydrogen-bond donors (Lipinski definition) is 2. The first-order chi connectivity index (χ1) is 12.8. The van der Waals surface area contributed by atoms with Crippen LogP contribution >= 0.6 is 0 Å². The lowest BCUT2D eigenvalue weighted by Crippen LogP contribution is -2.45. The number of benzene rings is 2. The van der Waals surface area contributed by atoms with Crippen LogP contribution in [0.1, 0.15) is 56.2 Å². The zero-order valence-corrected chi connectivity index (χ0v) is 16.1. The predicted molar refractivity (Wildman–Crippen MR) is 109 cm³/mol. The van der Waals surface area contributed by atoms with Crippen molar-refractivity contribution in [3.05, 3.63) is 64.7 Å². The molecule has 2 aromatic carbocycles. The van der Waals surface area contributed by atoms with Crippen molar-refractivity contribution in [3.8, 4) is 17.2 Å². The van der Waals surface area contributed by atoms with Gasteiger partial charge in [0.15, 0.2) is 0 Å². The molecule has 27 heavy (non-hydrogen) atoms. The van der Waals surface area contributed by atoms with Crippen molar-refractivity contribution in [3.63, 3.8) is 0 Å². The minimum Gasteiger partial charge on any atom is -0.508 e. The molecule has 0 bridgehead atoms. The van der Waals surface area contributed by atoms with Gasteiger partial charge in [0.05, 0.1) is 0 Å². The van der Waals surface area contributed by atoms with Crippen molar-refractivity contribution in [1.29, 1.82) is 0 Å². The summed E-state index contributed by atoms with van der Waals surface area (Å²) in [4.78, 5) is 0. The highest BCUT2D eigenvalue weighted by Crippen LogP contribution is 2.53. The first kappa shape index (κ1) is 17.7. The molecule has 2 aliphatic rings. The molecule has 2 aromatic rings. The highest BCUT2D eigenvalue weighted by molar-refractivity contribution is 5.74. The Bertz CT molecular complexity index is 919. The lowest BCUT2D eigenvalue weighted by molar-refractivity contribution is 0.00829. The van der Waals surface area contributed by atoms with E-state index in [2.05, 4.69) is 26.8 Å². The average molecular weight is 362 g/mol. The number of rotatable bonds is 2. The summed E-state index contributed by atoms with van der Waals surface area (Å²) in [5.41, 5.74) is 4.35. The third kappa shape index (κ3) is 3.34. The van der Waals surface area contributed by atoms with Gasteiger partial charge < -0.3 is 14.9 Å². The van der Waals surface area contributed by atoms with E-state index in [1.165, 1.54) is 11.1 Å². The van der Waals surface area contributed by atoms with Crippen molar-refractivity contribution in [2.45, 2.75) is 45.1 Å². The third-order valence-electron chi connectivity index (χ3n) is 5.89. The summed E-state index contributed by atoms with van der Waals surface area (Å²) < 4.78 is 6.36. The largest absolute Gasteiger partial charge is 0.508 e. The van der Waals surface area contributed by atoms with Gasteiger partial charge in [-0.05, 0) is 68.9 Å². The molecule has 0 aromatic heterocycles. The molecule has 3 nitrogen and oxygen atoms in total. The molecule has 0 fully saturated rings. The molecule has 0 amide bonds. The molecule has 2 atom stereocenters. The molecule has 1 aliphatic carbocycles. The van der Waals surface area contributed by atoms with Crippen LogP contribution in [0.25, 0.3) is 12.2 Å². The molecule has 0 radical (unpaired) electrons. The second kappa shape index (κ2) is 6.49. The van der Waals surface area contributed by atoms with E-state index in [-0.39, 0.29) is 17.1 Å². The number of allylic oxidation sites excluding steroid dienone is 2. The van der Waals surface area contributed by atoms with Crippen LogP contribution in [0, 0.1) is 5.92 Å². The van der Waals surface area contributed by atoms with Crippen LogP contribution in [0.4, 0.5) is 0 Å². The van der Waals surface area contributed by atoms with Crippen LogP contribution in [0.2, 0.25) is 0 Å². The summed E-state index contributed by atoms with van der Waals surface area (Å²) >= 11 is 0. The van der Waals surface area contributed by atoms with Crippen LogP contribution in [0.3, 0.4) is 0 Å². The van der Waals surface area contributed by atoms with Gasteiger partial charge in [0.1, 0.15) is 22.8 Å². The van der Waals surface area contributed by atoms with Gasteiger partial charge in [-0.3, -0.25) is 0 Å². The first-order valence-electron chi connectivity index (χ1n) is 9.52. The quantitative estimate of drug-likeness (QED) is 0.518. The van der Waals surface area contributed by atoms with Gasteiger partial charge in [-0.25, -0.2) is 0 Å². The van der Waals surface area contributed by atoms with Crippen LogP contribution in [0.15, 0.2) is 48.0 Å². The SMILES string of the molecule is CC1=CC[C@@H]2[C@@H](C1)c1c(/C=C/c3ccc(O)cc3)cc(O)cc1OC2(C)C. The van der Waals surface area contributed by atoms with E-state index in [9.17, 15) is 10.2 Å². The van der Waals surface area contributed by atoms with Crippen LogP contribution in [-0.2, 0) is 0 Å². The van der Waals surface area contributed by atoms with Crippen LogP contribution in [-0.4, -0.2) is 15.8 Å². The molecule has 0 saturated heterocycles. The van der Waals surface area contributed by atoms with Gasteiger partial charge in [0.2, 0.25) is 0 Å². The molecule has 140 valence electrons. The number of phenols is 2. The van der Waals surface area contributed by atoms with Crippen LogP contribution < -0.4 is 4.74 Å². The van der Waals surface area contributed by atoms with E-state index in [0.717, 1.165) is 29.7 Å². The van der Waals surface area contributed by atoms with E-state index < -0.39 is 0 Å². The van der Waals surface area contributed by atoms with E-state index in [1.807, 2.05) is 30.4 Å². The molecular weight excluding hydrogens is 336 g/mol. The Balaban J connectivity index is 1.80.